The van der Waals surface area contributed by atoms with Crippen molar-refractivity contribution in [2.75, 3.05) is 25.6 Å². The Hall–Kier alpha value is -2.14. The number of aryl methyl sites for hydroxylation is 1. The van der Waals surface area contributed by atoms with Gasteiger partial charge in [0.05, 0.1) is 6.61 Å². The Morgan fingerprint density at radius 1 is 0.932 bits per heavy atom. The van der Waals surface area contributed by atoms with Gasteiger partial charge in [-0.3, -0.25) is 9.09 Å². The Morgan fingerprint density at radius 3 is 2.23 bits per heavy atom. The molecule has 0 saturated carbocycles. The van der Waals surface area contributed by atoms with E-state index in [1.54, 1.807) is 30.5 Å². The predicted octanol–water partition coefficient (Wildman–Crippen LogP) is 2.82. The van der Waals surface area contributed by atoms with Crippen LogP contribution in [-0.2, 0) is 47.5 Å². The number of imidazole rings is 1. The Balaban J connectivity index is 0.00000216. The molecule has 5 unspecified atom stereocenters. The molecule has 2 saturated heterocycles. The molecule has 0 spiro atoms. The van der Waals surface area contributed by atoms with Gasteiger partial charge in [0.25, 0.3) is 0 Å². The predicted molar refractivity (Wildman–Crippen MR) is 153 cm³/mol. The van der Waals surface area contributed by atoms with Gasteiger partial charge in [0, 0.05) is 20.5 Å². The number of anilines is 1. The number of nitrogens with zero attached hydrogens (tertiary/aromatic N) is 5. The van der Waals surface area contributed by atoms with Crippen molar-refractivity contribution in [1.82, 2.24) is 19.5 Å². The second-order valence-corrected chi connectivity index (χ2v) is 14.0. The van der Waals surface area contributed by atoms with E-state index >= 15 is 0 Å². The van der Waals surface area contributed by atoms with Gasteiger partial charge in [-0.15, -0.1) is 0 Å². The van der Waals surface area contributed by atoms with Crippen molar-refractivity contribution in [1.29, 1.82) is 0 Å². The number of benzene rings is 1. The third-order valence-corrected chi connectivity index (χ3v) is 10.1. The lowest BCUT2D eigenvalue weighted by atomic mass is 10.1. The molecule has 21 heteroatoms. The molecule has 2 aliphatic rings. The van der Waals surface area contributed by atoms with Gasteiger partial charge >= 0.3 is 23.5 Å². The van der Waals surface area contributed by atoms with Crippen LogP contribution in [0, 0.1) is 6.92 Å². The Labute approximate surface area is 252 Å². The maximum absolute atomic E-state index is 12.4. The fourth-order valence-electron chi connectivity index (χ4n) is 4.75. The second kappa shape index (κ2) is 13.7. The quantitative estimate of drug-likeness (QED) is 0.213. The standard InChI is InChI=1S/C21H28N5O13P3.C2H6/c1-12-24-16-19(25(2)3)22-11-23-20(16)26(12)21-18-17(36-15(37-18)9-13-7-5-4-6-8-13)14(35-21)10-34-41(30,31)39-42(32,33)38-40(27,28)29;1-2/h4-8,11,14-15,17-18,21H,9-10H2,1-3H3,(H,30,31)(H,32,33)(H2,27,28,29);1-2H3/t14-,15?,17?,18?,21-;/m1./s1. The van der Waals surface area contributed by atoms with Crippen LogP contribution in [0.5, 0.6) is 0 Å². The van der Waals surface area contributed by atoms with Gasteiger partial charge in [-0.25, -0.2) is 28.6 Å². The Kier molecular flexibility index (Phi) is 10.8. The first-order valence-corrected chi connectivity index (χ1v) is 17.8. The molecule has 244 valence electrons. The van der Waals surface area contributed by atoms with Gasteiger partial charge in [0.1, 0.15) is 30.5 Å². The van der Waals surface area contributed by atoms with E-state index in [1.807, 2.05) is 44.2 Å². The van der Waals surface area contributed by atoms with Crippen LogP contribution < -0.4 is 4.90 Å². The van der Waals surface area contributed by atoms with E-state index in [0.717, 1.165) is 5.56 Å². The Bertz CT molecular complexity index is 1590. The molecule has 7 atom stereocenters. The third-order valence-electron chi connectivity index (χ3n) is 6.28. The number of ether oxygens (including phenoxy) is 3. The molecule has 0 amide bonds. The van der Waals surface area contributed by atoms with Crippen LogP contribution in [0.3, 0.4) is 0 Å². The molecule has 3 aromatic rings. The lowest BCUT2D eigenvalue weighted by Crippen LogP contribution is -2.32. The second-order valence-electron chi connectivity index (χ2n) is 9.57. The minimum atomic E-state index is -5.69. The van der Waals surface area contributed by atoms with Crippen molar-refractivity contribution < 1.29 is 60.6 Å². The molecule has 2 fully saturated rings. The van der Waals surface area contributed by atoms with Crippen molar-refractivity contribution in [2.45, 2.75) is 58.0 Å². The number of rotatable bonds is 11. The van der Waals surface area contributed by atoms with Crippen LogP contribution in [0.2, 0.25) is 0 Å². The van der Waals surface area contributed by atoms with E-state index in [0.29, 0.717) is 29.2 Å². The molecular weight excluding hydrogens is 647 g/mol. The van der Waals surface area contributed by atoms with Crippen molar-refractivity contribution in [3.8, 4) is 0 Å². The number of phosphoric ester groups is 1. The minimum absolute atomic E-state index is 0.375. The smallest absolute Gasteiger partial charge is 0.361 e. The minimum Gasteiger partial charge on any atom is -0.361 e. The SMILES string of the molecule is CC.Cc1nc2c(N(C)C)ncnc2n1[C@@H]1O[C@H](COP(=O)(O)OP(=O)(O)OP(=O)(O)O)C2OC(Cc3ccccc3)OC21. The van der Waals surface area contributed by atoms with Crippen molar-refractivity contribution in [2.24, 2.45) is 0 Å². The number of phosphoric acid groups is 3. The molecule has 2 aliphatic heterocycles. The van der Waals surface area contributed by atoms with Gasteiger partial charge in [-0.1, -0.05) is 44.2 Å². The largest absolute Gasteiger partial charge is 0.490 e. The fourth-order valence-corrected chi connectivity index (χ4v) is 7.78. The van der Waals surface area contributed by atoms with Gasteiger partial charge in [-0.05, 0) is 12.5 Å². The summed E-state index contributed by atoms with van der Waals surface area (Å²) in [6.07, 6.45) is -2.61. The first-order chi connectivity index (χ1) is 20.6. The Morgan fingerprint density at radius 2 is 1.59 bits per heavy atom. The fraction of sp³-hybridized carbons (Fsp3) is 0.522. The summed E-state index contributed by atoms with van der Waals surface area (Å²) < 4.78 is 67.7. The van der Waals surface area contributed by atoms with Crippen molar-refractivity contribution in [3.05, 3.63) is 48.0 Å². The molecule has 0 bridgehead atoms. The van der Waals surface area contributed by atoms with Crippen LogP contribution in [0.1, 0.15) is 31.5 Å². The lowest BCUT2D eigenvalue weighted by Gasteiger charge is -2.23. The summed E-state index contributed by atoms with van der Waals surface area (Å²) in [5.74, 6) is 1.06. The summed E-state index contributed by atoms with van der Waals surface area (Å²) in [4.78, 5) is 52.0. The van der Waals surface area contributed by atoms with Gasteiger partial charge in [0.15, 0.2) is 29.5 Å². The average Bonchev–Trinajstić information content (AvgIpc) is 3.58. The molecule has 0 radical (unpaired) electrons. The van der Waals surface area contributed by atoms with Crippen LogP contribution in [0.4, 0.5) is 5.82 Å². The highest BCUT2D eigenvalue weighted by Gasteiger charge is 2.55. The van der Waals surface area contributed by atoms with Crippen LogP contribution in [0.25, 0.3) is 11.2 Å². The molecule has 18 nitrogen and oxygen atoms in total. The van der Waals surface area contributed by atoms with E-state index in [4.69, 9.17) is 28.5 Å². The first-order valence-electron chi connectivity index (χ1n) is 13.3. The average molecular weight is 681 g/mol. The van der Waals surface area contributed by atoms with Crippen LogP contribution in [0.15, 0.2) is 36.7 Å². The summed E-state index contributed by atoms with van der Waals surface area (Å²) in [7, 11) is -13.0. The topological polar surface area (TPSA) is 234 Å². The summed E-state index contributed by atoms with van der Waals surface area (Å²) in [6, 6.07) is 9.40. The summed E-state index contributed by atoms with van der Waals surface area (Å²) in [5.41, 5.74) is 1.85. The van der Waals surface area contributed by atoms with Crippen molar-refractivity contribution in [3.63, 3.8) is 0 Å². The zero-order valence-corrected chi connectivity index (χ0v) is 27.0. The molecule has 2 aromatic heterocycles. The molecular formula is C23H34N5O13P3. The molecule has 5 rings (SSSR count). The summed E-state index contributed by atoms with van der Waals surface area (Å²) in [6.45, 7) is 5.02. The highest BCUT2D eigenvalue weighted by atomic mass is 31.3. The molecule has 1 aromatic carbocycles. The number of hydrogen-bond donors (Lipinski definition) is 4. The summed E-state index contributed by atoms with van der Waals surface area (Å²) >= 11 is 0. The van der Waals surface area contributed by atoms with E-state index in [-0.39, 0.29) is 0 Å². The lowest BCUT2D eigenvalue weighted by molar-refractivity contribution is -0.149. The monoisotopic (exact) mass is 681 g/mol. The molecule has 4 N–H and O–H groups in total. The van der Waals surface area contributed by atoms with E-state index in [2.05, 4.69) is 23.6 Å². The van der Waals surface area contributed by atoms with Gasteiger partial charge < -0.3 is 38.7 Å². The van der Waals surface area contributed by atoms with Crippen molar-refractivity contribution >= 4 is 40.4 Å². The summed E-state index contributed by atoms with van der Waals surface area (Å²) in [5, 5.41) is 0. The number of hydrogen-bond acceptors (Lipinski definition) is 13. The third kappa shape index (κ3) is 8.17. The maximum atomic E-state index is 12.4. The van der Waals surface area contributed by atoms with Crippen LogP contribution >= 0.6 is 23.5 Å². The first kappa shape index (κ1) is 34.7. The molecule has 4 heterocycles. The zero-order valence-electron chi connectivity index (χ0n) is 24.3. The number of aromatic nitrogens is 4. The highest BCUT2D eigenvalue weighted by molar-refractivity contribution is 7.66. The van der Waals surface area contributed by atoms with Crippen LogP contribution in [-0.4, -0.2) is 84.4 Å². The number of fused-ring (bicyclic) bond motifs is 2. The highest BCUT2D eigenvalue weighted by Crippen LogP contribution is 2.66. The maximum Gasteiger partial charge on any atom is 0.490 e. The van der Waals surface area contributed by atoms with E-state index in [1.165, 1.54) is 6.33 Å². The normalized spacial score (nSPS) is 26.0. The molecule has 0 aliphatic carbocycles. The van der Waals surface area contributed by atoms with Gasteiger partial charge in [-0.2, -0.15) is 8.62 Å². The van der Waals surface area contributed by atoms with Gasteiger partial charge in [0.2, 0.25) is 0 Å². The van der Waals surface area contributed by atoms with E-state index in [9.17, 15) is 23.5 Å². The molecule has 44 heavy (non-hydrogen) atoms. The van der Waals surface area contributed by atoms with E-state index < -0.39 is 60.9 Å². The zero-order chi connectivity index (χ0) is 32.4.